The molecule has 2 fully saturated rings. The molecule has 3 amide bonds. The Kier molecular flexibility index (Phi) is 13.5. The Balaban J connectivity index is 1.31. The van der Waals surface area contributed by atoms with Gasteiger partial charge in [-0.25, -0.2) is 19.6 Å². The van der Waals surface area contributed by atoms with E-state index in [-0.39, 0.29) is 31.5 Å². The molecule has 0 radical (unpaired) electrons. The van der Waals surface area contributed by atoms with Crippen LogP contribution in [-0.4, -0.2) is 93.9 Å². The third-order valence-electron chi connectivity index (χ3n) is 10.2. The number of ether oxygens (including phenoxy) is 3. The van der Waals surface area contributed by atoms with Crippen LogP contribution in [0.3, 0.4) is 0 Å². The molecule has 296 valence electrons. The molecule has 4 N–H and O–H groups in total. The number of methoxy groups -OCH3 is 1. The van der Waals surface area contributed by atoms with Gasteiger partial charge in [-0.1, -0.05) is 25.0 Å². The number of carbonyl (C=O) groups is 4. The van der Waals surface area contributed by atoms with E-state index in [2.05, 4.69) is 16.0 Å². The van der Waals surface area contributed by atoms with Gasteiger partial charge in [-0.3, -0.25) is 9.59 Å². The minimum atomic E-state index is -1.15. The number of aromatic nitrogens is 2. The first kappa shape index (κ1) is 39.8. The first-order valence-corrected chi connectivity index (χ1v) is 20.3. The monoisotopic (exact) mass is 776 g/mol. The fourth-order valence-corrected chi connectivity index (χ4v) is 8.25. The number of alkyl carbamates (subject to hydrolysis) is 1. The topological polar surface area (TPSA) is 181 Å². The number of aliphatic carboxylic acids is 1. The van der Waals surface area contributed by atoms with Crippen LogP contribution in [0.4, 0.5) is 9.93 Å². The van der Waals surface area contributed by atoms with E-state index in [0.29, 0.717) is 53.1 Å². The van der Waals surface area contributed by atoms with E-state index >= 15 is 0 Å². The number of thiazole rings is 1. The third-order valence-corrected chi connectivity index (χ3v) is 11.0. The van der Waals surface area contributed by atoms with Crippen molar-refractivity contribution < 1.29 is 38.5 Å². The Hall–Kier alpha value is -4.92. The first-order chi connectivity index (χ1) is 26.6. The quantitative estimate of drug-likeness (QED) is 0.176. The molecule has 1 aromatic carbocycles. The lowest BCUT2D eigenvalue weighted by atomic mass is 10.0. The van der Waals surface area contributed by atoms with Crippen LogP contribution in [0.1, 0.15) is 90.9 Å². The predicted molar refractivity (Wildman–Crippen MR) is 209 cm³/mol. The minimum absolute atomic E-state index is 0.0295. The van der Waals surface area contributed by atoms with Gasteiger partial charge in [0, 0.05) is 35.4 Å². The van der Waals surface area contributed by atoms with Crippen molar-refractivity contribution in [3.05, 3.63) is 41.8 Å². The molecule has 0 spiro atoms. The van der Waals surface area contributed by atoms with Gasteiger partial charge in [-0.05, 0) is 83.8 Å². The molecule has 55 heavy (non-hydrogen) atoms. The Morgan fingerprint density at radius 1 is 0.964 bits per heavy atom. The highest BCUT2D eigenvalue weighted by Gasteiger charge is 2.44. The highest BCUT2D eigenvalue weighted by Crippen LogP contribution is 2.36. The van der Waals surface area contributed by atoms with Crippen molar-refractivity contribution in [2.75, 3.05) is 19.0 Å². The number of allylic oxidation sites excluding steroid dienone is 2. The van der Waals surface area contributed by atoms with Crippen molar-refractivity contribution in [1.82, 2.24) is 25.5 Å². The van der Waals surface area contributed by atoms with Gasteiger partial charge in [-0.2, -0.15) is 0 Å². The van der Waals surface area contributed by atoms with Gasteiger partial charge in [0.25, 0.3) is 0 Å². The van der Waals surface area contributed by atoms with Crippen LogP contribution >= 0.6 is 11.3 Å². The average Bonchev–Trinajstić information content (AvgIpc) is 3.94. The summed E-state index contributed by atoms with van der Waals surface area (Å²) in [6.07, 6.45) is 10.4. The summed E-state index contributed by atoms with van der Waals surface area (Å²) in [7, 11) is 1.58. The molecule has 4 atom stereocenters. The van der Waals surface area contributed by atoms with Crippen LogP contribution in [0.15, 0.2) is 41.8 Å². The summed E-state index contributed by atoms with van der Waals surface area (Å²) in [4.78, 5) is 65.0. The zero-order valence-corrected chi connectivity index (χ0v) is 32.6. The zero-order chi connectivity index (χ0) is 38.9. The number of carboxylic acid groups (broad SMARTS) is 1. The molecule has 2 aromatic heterocycles. The van der Waals surface area contributed by atoms with Gasteiger partial charge >= 0.3 is 12.1 Å². The van der Waals surface area contributed by atoms with E-state index in [0.717, 1.165) is 50.1 Å². The first-order valence-electron chi connectivity index (χ1n) is 19.4. The number of fused-ring (bicyclic) bond motifs is 2. The summed E-state index contributed by atoms with van der Waals surface area (Å²) in [6.45, 7) is 4.10. The van der Waals surface area contributed by atoms with Gasteiger partial charge in [0.05, 0.1) is 24.9 Å². The average molecular weight is 777 g/mol. The summed E-state index contributed by atoms with van der Waals surface area (Å²) in [6, 6.07) is 4.34. The summed E-state index contributed by atoms with van der Waals surface area (Å²) in [5, 5.41) is 22.2. The Morgan fingerprint density at radius 2 is 1.75 bits per heavy atom. The van der Waals surface area contributed by atoms with Gasteiger partial charge < -0.3 is 40.2 Å². The molecule has 4 heterocycles. The molecule has 1 saturated carbocycles. The number of anilines is 1. The van der Waals surface area contributed by atoms with Crippen LogP contribution in [-0.2, 0) is 19.1 Å². The van der Waals surface area contributed by atoms with Crippen molar-refractivity contribution in [3.63, 3.8) is 0 Å². The number of hydrogen-bond acceptors (Lipinski definition) is 11. The van der Waals surface area contributed by atoms with E-state index < -0.39 is 48.1 Å². The maximum atomic E-state index is 14.5. The Bertz CT molecular complexity index is 1860. The molecule has 3 aliphatic rings. The van der Waals surface area contributed by atoms with Crippen LogP contribution in [0.25, 0.3) is 22.3 Å². The highest BCUT2D eigenvalue weighted by atomic mass is 32.1. The van der Waals surface area contributed by atoms with Gasteiger partial charge in [0.15, 0.2) is 5.13 Å². The van der Waals surface area contributed by atoms with Gasteiger partial charge in [0.1, 0.15) is 47.5 Å². The largest absolute Gasteiger partial charge is 0.497 e. The second-order valence-corrected chi connectivity index (χ2v) is 15.7. The predicted octanol–water partition coefficient (Wildman–Crippen LogP) is 6.44. The molecular formula is C40H52N6O8S. The van der Waals surface area contributed by atoms with E-state index in [1.165, 1.54) is 16.2 Å². The van der Waals surface area contributed by atoms with Crippen molar-refractivity contribution in [2.24, 2.45) is 0 Å². The molecule has 1 aliphatic carbocycles. The Labute approximate surface area is 325 Å². The number of carboxylic acids is 1. The number of nitrogens with zero attached hydrogens (tertiary/aromatic N) is 3. The van der Waals surface area contributed by atoms with Crippen molar-refractivity contribution in [3.8, 4) is 22.9 Å². The number of amides is 3. The number of nitrogens with one attached hydrogen (secondary N) is 3. The normalized spacial score (nSPS) is 23.0. The number of hydrogen-bond donors (Lipinski definition) is 4. The highest BCUT2D eigenvalue weighted by molar-refractivity contribution is 7.14. The van der Waals surface area contributed by atoms with E-state index in [4.69, 9.17) is 24.2 Å². The van der Waals surface area contributed by atoms with Gasteiger partial charge in [-0.15, -0.1) is 11.3 Å². The lowest BCUT2D eigenvalue weighted by Gasteiger charge is -2.29. The van der Waals surface area contributed by atoms with E-state index in [1.807, 2.05) is 49.6 Å². The lowest BCUT2D eigenvalue weighted by Crippen LogP contribution is -2.55. The summed E-state index contributed by atoms with van der Waals surface area (Å²) >= 11 is 1.47. The summed E-state index contributed by atoms with van der Waals surface area (Å²) < 4.78 is 17.9. The zero-order valence-electron chi connectivity index (χ0n) is 31.8. The lowest BCUT2D eigenvalue weighted by molar-refractivity contribution is -0.144. The third kappa shape index (κ3) is 10.4. The Morgan fingerprint density at radius 3 is 2.51 bits per heavy atom. The van der Waals surface area contributed by atoms with E-state index in [1.54, 1.807) is 13.2 Å². The van der Waals surface area contributed by atoms with E-state index in [9.17, 15) is 24.3 Å². The molecule has 0 bridgehead atoms. The van der Waals surface area contributed by atoms with Crippen molar-refractivity contribution in [2.45, 2.75) is 127 Å². The number of carbonyl (C=O) groups excluding carboxylic acids is 3. The molecule has 6 rings (SSSR count). The summed E-state index contributed by atoms with van der Waals surface area (Å²) in [5.74, 6) is -1.09. The van der Waals surface area contributed by atoms with Crippen LogP contribution in [0, 0.1) is 0 Å². The molecule has 14 nitrogen and oxygen atoms in total. The van der Waals surface area contributed by atoms with Crippen LogP contribution in [0.2, 0.25) is 0 Å². The standard InChI is InChI=1S/C40H52N6O8S/c1-24(2)41-39-44-33(23-55-39)32-21-35(28-18-17-26(52-3)19-31(28)42-32)53-27-20-34-36(47)43-30(38(49)50)16-10-8-6-4-5-7-9-15-29(37(48)46(34)22-27)45-40(51)54-25-13-11-12-14-25/h6,8,17-19,21,23-25,27,29-30,34H,4-5,7,9-16,20,22H2,1-3H3,(H,41,44)(H,43,47)(H,45,51)(H,49,50). The summed E-state index contributed by atoms with van der Waals surface area (Å²) in [5.41, 5.74) is 1.84. The molecular weight excluding hydrogens is 725 g/mol. The number of rotatable bonds is 9. The van der Waals surface area contributed by atoms with Gasteiger partial charge in [0.2, 0.25) is 11.8 Å². The molecule has 15 heteroatoms. The maximum Gasteiger partial charge on any atom is 0.408 e. The molecule has 4 unspecified atom stereocenters. The molecule has 2 aliphatic heterocycles. The van der Waals surface area contributed by atoms with Crippen molar-refractivity contribution in [1.29, 1.82) is 0 Å². The number of benzene rings is 1. The second kappa shape index (κ2) is 18.6. The molecule has 3 aromatic rings. The van der Waals surface area contributed by atoms with Crippen LogP contribution < -0.4 is 25.4 Å². The fraction of sp³-hybridized carbons (Fsp3) is 0.550. The fourth-order valence-electron chi connectivity index (χ4n) is 7.39. The van der Waals surface area contributed by atoms with Crippen molar-refractivity contribution >= 4 is 51.2 Å². The molecule has 1 saturated heterocycles. The van der Waals surface area contributed by atoms with Crippen LogP contribution in [0.5, 0.6) is 11.5 Å². The number of pyridine rings is 1. The minimum Gasteiger partial charge on any atom is -0.497 e. The second-order valence-electron chi connectivity index (χ2n) is 14.8. The SMILES string of the molecule is COc1ccc2c(OC3CC4C(=O)NC(C(=O)O)CCC=CCCCCCC(NC(=O)OC5CCCC5)C(=O)N4C3)cc(-c3csc(NC(C)C)n3)nc2c1. The maximum absolute atomic E-state index is 14.5. The smallest absolute Gasteiger partial charge is 0.408 e.